The molecule has 2 aromatic heterocycles. The first-order valence-electron chi connectivity index (χ1n) is 19.3. The number of H-pyrrole nitrogens is 4. The fraction of sp³-hybridized carbons (Fsp3) is 0.200. The number of benzene rings is 4. The lowest BCUT2D eigenvalue weighted by Crippen LogP contribution is -2.37. The minimum atomic E-state index is -4.92. The Kier molecular flexibility index (Phi) is 18.6. The van der Waals surface area contributed by atoms with Gasteiger partial charge in [0, 0.05) is 26.2 Å². The van der Waals surface area contributed by atoms with E-state index >= 15 is 0 Å². The van der Waals surface area contributed by atoms with Gasteiger partial charge in [0.15, 0.2) is 0 Å². The third-order valence-corrected chi connectivity index (χ3v) is 10.7. The van der Waals surface area contributed by atoms with Gasteiger partial charge >= 0.3 is 0 Å². The molecule has 16 N–H and O–H groups in total. The largest absolute Gasteiger partial charge is 0.395 e. The van der Waals surface area contributed by atoms with Crippen molar-refractivity contribution in [3.8, 4) is 0 Å². The number of hydrogen-bond donors (Lipinski definition) is 12. The van der Waals surface area contributed by atoms with Crippen molar-refractivity contribution >= 4 is 67.0 Å². The lowest BCUT2D eigenvalue weighted by molar-refractivity contribution is 0.279. The summed E-state index contributed by atoms with van der Waals surface area (Å²) in [7, 11) is -9.84. The van der Waals surface area contributed by atoms with Gasteiger partial charge in [-0.2, -0.15) is 26.8 Å². The van der Waals surface area contributed by atoms with Gasteiger partial charge in [-0.25, -0.2) is 20.0 Å². The Hall–Kier alpha value is -6.98. The van der Waals surface area contributed by atoms with Crippen LogP contribution in [-0.4, -0.2) is 129 Å². The number of aromatic amines is 4. The Labute approximate surface area is 377 Å². The number of nitrogens with zero attached hydrogens (tertiary/aromatic N) is 8. The minimum Gasteiger partial charge on any atom is -0.395 e. The molecule has 6 aromatic rings. The van der Waals surface area contributed by atoms with E-state index in [-0.39, 0.29) is 122 Å². The molecule has 0 amide bonds. The van der Waals surface area contributed by atoms with Crippen molar-refractivity contribution in [2.45, 2.75) is 9.79 Å². The first-order valence-corrected chi connectivity index (χ1v) is 22.2. The molecule has 0 aliphatic heterocycles. The maximum atomic E-state index is 12.7. The summed E-state index contributed by atoms with van der Waals surface area (Å²) in [6.07, 6.45) is 2.44. The predicted octanol–water partition coefficient (Wildman–Crippen LogP) is 1.29. The summed E-state index contributed by atoms with van der Waals surface area (Å²) in [6, 6.07) is 25.3. The molecule has 2 heterocycles. The number of nitrogens with one attached hydrogen (secondary N) is 4. The van der Waals surface area contributed by atoms with E-state index in [9.17, 15) is 46.4 Å². The summed E-state index contributed by atoms with van der Waals surface area (Å²) in [5.41, 5.74) is 1.22. The number of aliphatic hydroxyl groups is 4. The quantitative estimate of drug-likeness (QED) is 0.0426. The second-order valence-corrected chi connectivity index (χ2v) is 16.2. The van der Waals surface area contributed by atoms with E-state index in [4.69, 9.17) is 0 Å². The van der Waals surface area contributed by atoms with Crippen LogP contribution in [0.4, 0.5) is 34.6 Å². The van der Waals surface area contributed by atoms with Crippen LogP contribution in [0.25, 0.3) is 12.2 Å². The van der Waals surface area contributed by atoms with Crippen LogP contribution in [0.5, 0.6) is 0 Å². The summed E-state index contributed by atoms with van der Waals surface area (Å²) in [6.45, 7) is -0.688. The van der Waals surface area contributed by atoms with Crippen molar-refractivity contribution in [3.63, 3.8) is 0 Å². The van der Waals surface area contributed by atoms with Crippen molar-refractivity contribution < 1.29 is 46.4 Å². The monoisotopic (exact) mass is 950 g/mol. The molecular weight excluding hydrogens is 901 g/mol. The normalized spacial score (nSPS) is 12.9. The number of anilines is 2. The Morgan fingerprint density at radius 1 is 0.485 bits per heavy atom. The van der Waals surface area contributed by atoms with E-state index in [1.54, 1.807) is 58.3 Å². The molecule has 24 nitrogen and oxygen atoms in total. The summed E-state index contributed by atoms with van der Waals surface area (Å²) < 4.78 is 71.4. The van der Waals surface area contributed by atoms with Crippen molar-refractivity contribution in [1.82, 2.24) is 42.2 Å². The lowest BCUT2D eigenvalue weighted by Gasteiger charge is -2.20. The molecule has 0 fully saturated rings. The third-order valence-electron chi connectivity index (χ3n) is 8.88. The van der Waals surface area contributed by atoms with Gasteiger partial charge in [0.25, 0.3) is 20.2 Å². The van der Waals surface area contributed by atoms with Gasteiger partial charge in [-0.1, -0.05) is 60.7 Å². The van der Waals surface area contributed by atoms with Crippen LogP contribution in [0.3, 0.4) is 0 Å². The third kappa shape index (κ3) is 14.3. The molecule has 0 spiro atoms. The highest BCUT2D eigenvalue weighted by atomic mass is 32.2. The standard InChI is InChI=1S/C40H44N12O10S2.2H3N/c53-21-17-51(18-22-54)39-47-35(41-29-7-3-1-4-8-29)45-37(49-39)43-31-15-13-27(33(25-31)63(57,58)59)11-12-28-14-16-32(26-34(28)64(60,61)62)44-38-46-36(42-30-9-5-2-6-10-30)48-40(50-38)52(19-23-55)20-24-56;;/h1-16,25-26,53-56H,17-24H2,(H,57,58,59)(H,60,61,62)(H2,41,43,45,47,49)(H2,42,44,46,48,50);2*1H3/b12-11+;;. The maximum absolute atomic E-state index is 12.7. The van der Waals surface area contributed by atoms with E-state index in [0.717, 1.165) is 12.1 Å². The second kappa shape index (κ2) is 23.8. The lowest BCUT2D eigenvalue weighted by atomic mass is 10.1. The van der Waals surface area contributed by atoms with Gasteiger partial charge in [0.05, 0.1) is 49.2 Å². The van der Waals surface area contributed by atoms with Crippen LogP contribution < -0.4 is 44.6 Å². The van der Waals surface area contributed by atoms with Crippen molar-refractivity contribution in [1.29, 1.82) is 0 Å². The molecule has 0 atom stereocenters. The molecule has 26 heteroatoms. The SMILES string of the molecule is N.N.O=S(=O)(O)c1cc(N=c2[nH]c(N(CCO)CCO)nc(=Nc3ccccc3)[nH]2)ccc1/C=C/c1ccc(N=c2[nH]c(N(CCO)CCO)nc(=Nc3ccccc3)[nH]2)cc1S(=O)(=O)O. The zero-order chi connectivity index (χ0) is 45.7. The molecule has 0 saturated carbocycles. The fourth-order valence-electron chi connectivity index (χ4n) is 6.04. The highest BCUT2D eigenvalue weighted by Gasteiger charge is 2.18. The number of rotatable bonds is 18. The molecule has 0 bridgehead atoms. The van der Waals surface area contributed by atoms with Crippen LogP contribution >= 0.6 is 0 Å². The van der Waals surface area contributed by atoms with Crippen LogP contribution in [0.15, 0.2) is 127 Å². The highest BCUT2D eigenvalue weighted by Crippen LogP contribution is 2.27. The van der Waals surface area contributed by atoms with Crippen LogP contribution in [-0.2, 0) is 20.2 Å². The van der Waals surface area contributed by atoms with Crippen LogP contribution in [0, 0.1) is 0 Å². The van der Waals surface area contributed by atoms with E-state index < -0.39 is 30.0 Å². The fourth-order valence-corrected chi connectivity index (χ4v) is 7.45. The predicted molar refractivity (Wildman–Crippen MR) is 244 cm³/mol. The molecule has 0 aliphatic rings. The molecule has 4 aromatic carbocycles. The molecule has 66 heavy (non-hydrogen) atoms. The highest BCUT2D eigenvalue weighted by molar-refractivity contribution is 7.86. The smallest absolute Gasteiger partial charge is 0.295 e. The molecule has 0 radical (unpaired) electrons. The van der Waals surface area contributed by atoms with Gasteiger partial charge in [-0.3, -0.25) is 29.0 Å². The summed E-state index contributed by atoms with van der Waals surface area (Å²) in [4.78, 5) is 40.4. The van der Waals surface area contributed by atoms with Gasteiger partial charge in [0.2, 0.25) is 34.4 Å². The van der Waals surface area contributed by atoms with E-state index in [1.807, 2.05) is 12.1 Å². The van der Waals surface area contributed by atoms with E-state index in [2.05, 4.69) is 49.9 Å². The average Bonchev–Trinajstić information content (AvgIpc) is 3.26. The number of para-hydroxylation sites is 2. The number of aliphatic hydroxyl groups excluding tert-OH is 4. The number of hydrogen-bond acceptors (Lipinski definition) is 18. The van der Waals surface area contributed by atoms with Crippen LogP contribution in [0.2, 0.25) is 0 Å². The Balaban J connectivity index is 0.00000476. The zero-order valence-corrected chi connectivity index (χ0v) is 36.8. The summed E-state index contributed by atoms with van der Waals surface area (Å²) >= 11 is 0. The molecule has 0 saturated heterocycles. The van der Waals surface area contributed by atoms with Crippen LogP contribution in [0.1, 0.15) is 11.1 Å². The Bertz CT molecular complexity index is 2880. The summed E-state index contributed by atoms with van der Waals surface area (Å²) in [5, 5.41) is 38.5. The molecule has 0 unspecified atom stereocenters. The summed E-state index contributed by atoms with van der Waals surface area (Å²) in [5.74, 6) is 0.345. The van der Waals surface area contributed by atoms with E-state index in [1.165, 1.54) is 36.4 Å². The Morgan fingerprint density at radius 3 is 1.15 bits per heavy atom. The minimum absolute atomic E-state index is 0. The average molecular weight is 951 g/mol. The first kappa shape index (κ1) is 51.7. The maximum Gasteiger partial charge on any atom is 0.295 e. The van der Waals surface area contributed by atoms with Crippen molar-refractivity contribution in [2.24, 2.45) is 20.0 Å². The molecular formula is C40H50N14O10S2. The van der Waals surface area contributed by atoms with Gasteiger partial charge in [-0.05, 0) is 59.7 Å². The van der Waals surface area contributed by atoms with Gasteiger partial charge < -0.3 is 42.5 Å². The van der Waals surface area contributed by atoms with Crippen molar-refractivity contribution in [2.75, 3.05) is 62.4 Å². The van der Waals surface area contributed by atoms with E-state index in [0.29, 0.717) is 11.4 Å². The molecule has 0 aliphatic carbocycles. The Morgan fingerprint density at radius 2 is 0.833 bits per heavy atom. The number of aromatic nitrogens is 6. The molecule has 352 valence electrons. The second-order valence-electron chi connectivity index (χ2n) is 13.4. The topological polar surface area (TPSA) is 405 Å². The first-order chi connectivity index (χ1) is 30.8. The van der Waals surface area contributed by atoms with Gasteiger partial charge in [-0.15, -0.1) is 0 Å². The zero-order valence-electron chi connectivity index (χ0n) is 35.2. The molecule has 6 rings (SSSR count). The van der Waals surface area contributed by atoms with Gasteiger partial charge in [0.1, 0.15) is 9.79 Å². The van der Waals surface area contributed by atoms with Crippen molar-refractivity contribution in [3.05, 3.63) is 131 Å².